The van der Waals surface area contributed by atoms with Crippen molar-refractivity contribution >= 4 is 28.9 Å². The van der Waals surface area contributed by atoms with Crippen LogP contribution in [-0.2, 0) is 6.61 Å². The van der Waals surface area contributed by atoms with Crippen molar-refractivity contribution in [3.8, 4) is 11.5 Å². The molecule has 0 atom stereocenters. The Balaban J connectivity index is 2.10. The molecule has 2 aromatic carbocycles. The highest BCUT2D eigenvalue weighted by Crippen LogP contribution is 2.27. The highest BCUT2D eigenvalue weighted by Gasteiger charge is 2.05. The Morgan fingerprint density at radius 3 is 2.58 bits per heavy atom. The fourth-order valence-electron chi connectivity index (χ4n) is 1.62. The van der Waals surface area contributed by atoms with Gasteiger partial charge in [0.2, 0.25) is 0 Å². The van der Waals surface area contributed by atoms with E-state index in [1.807, 2.05) is 0 Å². The van der Waals surface area contributed by atoms with Crippen molar-refractivity contribution in [1.29, 1.82) is 0 Å². The average molecular weight is 298 g/mol. The minimum Gasteiger partial charge on any atom is -0.495 e. The molecule has 19 heavy (non-hydrogen) atoms. The molecule has 0 heterocycles. The summed E-state index contributed by atoms with van der Waals surface area (Å²) in [6, 6.07) is 10.5. The number of benzene rings is 2. The average Bonchev–Trinajstić information content (AvgIpc) is 2.40. The van der Waals surface area contributed by atoms with Crippen LogP contribution in [0.5, 0.6) is 11.5 Å². The maximum Gasteiger partial charge on any atom is 0.142 e. The zero-order valence-electron chi connectivity index (χ0n) is 10.3. The minimum absolute atomic E-state index is 0.325. The summed E-state index contributed by atoms with van der Waals surface area (Å²) in [7, 11) is 1.57. The van der Waals surface area contributed by atoms with Gasteiger partial charge < -0.3 is 15.2 Å². The van der Waals surface area contributed by atoms with E-state index in [9.17, 15) is 0 Å². The molecule has 0 radical (unpaired) electrons. The molecule has 0 fully saturated rings. The molecular formula is C14H13Cl2NO2. The first-order chi connectivity index (χ1) is 9.10. The highest BCUT2D eigenvalue weighted by atomic mass is 35.5. The lowest BCUT2D eigenvalue weighted by Gasteiger charge is -2.10. The van der Waals surface area contributed by atoms with Crippen LogP contribution in [0, 0.1) is 0 Å². The molecular weight excluding hydrogens is 285 g/mol. The van der Waals surface area contributed by atoms with Gasteiger partial charge in [0.05, 0.1) is 12.8 Å². The van der Waals surface area contributed by atoms with E-state index in [1.165, 1.54) is 0 Å². The number of rotatable bonds is 4. The van der Waals surface area contributed by atoms with Crippen molar-refractivity contribution in [3.05, 3.63) is 52.0 Å². The summed E-state index contributed by atoms with van der Waals surface area (Å²) in [6.45, 7) is 0.325. The minimum atomic E-state index is 0.325. The number of hydrogen-bond acceptors (Lipinski definition) is 3. The third kappa shape index (κ3) is 3.46. The predicted octanol–water partition coefficient (Wildman–Crippen LogP) is 4.16. The van der Waals surface area contributed by atoms with Gasteiger partial charge in [-0.2, -0.15) is 0 Å². The second-order valence-corrected chi connectivity index (χ2v) is 4.77. The Kier molecular flexibility index (Phi) is 4.40. The standard InChI is InChI=1S/C14H13Cl2NO2/c1-18-14-5-3-11(7-13(14)17)19-8-9-6-10(15)2-4-12(9)16/h2-7H,8,17H2,1H3. The zero-order chi connectivity index (χ0) is 13.8. The number of hydrogen-bond donors (Lipinski definition) is 1. The molecule has 0 amide bonds. The highest BCUT2D eigenvalue weighted by molar-refractivity contribution is 6.33. The molecule has 0 aliphatic carbocycles. The maximum absolute atomic E-state index is 6.06. The van der Waals surface area contributed by atoms with Crippen LogP contribution in [0.1, 0.15) is 5.56 Å². The van der Waals surface area contributed by atoms with Crippen molar-refractivity contribution in [2.45, 2.75) is 6.61 Å². The molecule has 5 heteroatoms. The molecule has 0 aliphatic heterocycles. The van der Waals surface area contributed by atoms with Gasteiger partial charge in [-0.3, -0.25) is 0 Å². The van der Waals surface area contributed by atoms with E-state index < -0.39 is 0 Å². The Labute approximate surface area is 121 Å². The second-order valence-electron chi connectivity index (χ2n) is 3.93. The van der Waals surface area contributed by atoms with Crippen molar-refractivity contribution in [1.82, 2.24) is 0 Å². The van der Waals surface area contributed by atoms with Gasteiger partial charge in [0.25, 0.3) is 0 Å². The normalized spacial score (nSPS) is 10.3. The summed E-state index contributed by atoms with van der Waals surface area (Å²) in [5, 5.41) is 1.24. The first-order valence-electron chi connectivity index (χ1n) is 5.60. The quantitative estimate of drug-likeness (QED) is 0.862. The van der Waals surface area contributed by atoms with Crippen LogP contribution in [0.2, 0.25) is 10.0 Å². The van der Waals surface area contributed by atoms with Gasteiger partial charge in [-0.1, -0.05) is 23.2 Å². The van der Waals surface area contributed by atoms with E-state index in [-0.39, 0.29) is 0 Å². The third-order valence-corrected chi connectivity index (χ3v) is 3.21. The lowest BCUT2D eigenvalue weighted by molar-refractivity contribution is 0.306. The van der Waals surface area contributed by atoms with Crippen molar-refractivity contribution in [2.24, 2.45) is 0 Å². The van der Waals surface area contributed by atoms with E-state index >= 15 is 0 Å². The van der Waals surface area contributed by atoms with E-state index in [0.717, 1.165) is 5.56 Å². The summed E-state index contributed by atoms with van der Waals surface area (Å²) in [5.41, 5.74) is 7.15. The monoisotopic (exact) mass is 297 g/mol. The van der Waals surface area contributed by atoms with Gasteiger partial charge >= 0.3 is 0 Å². The Morgan fingerprint density at radius 1 is 1.11 bits per heavy atom. The molecule has 3 nitrogen and oxygen atoms in total. The molecule has 2 aromatic rings. The molecule has 0 unspecified atom stereocenters. The number of nitrogen functional groups attached to an aromatic ring is 1. The van der Waals surface area contributed by atoms with Crippen LogP contribution in [0.15, 0.2) is 36.4 Å². The first-order valence-corrected chi connectivity index (χ1v) is 6.36. The van der Waals surface area contributed by atoms with Crippen molar-refractivity contribution in [2.75, 3.05) is 12.8 Å². The van der Waals surface area contributed by atoms with Gasteiger partial charge in [-0.25, -0.2) is 0 Å². The Bertz CT molecular complexity index is 588. The number of nitrogens with two attached hydrogens (primary N) is 1. The molecule has 2 N–H and O–H groups in total. The van der Waals surface area contributed by atoms with Gasteiger partial charge in [0.1, 0.15) is 18.1 Å². The lowest BCUT2D eigenvalue weighted by atomic mass is 10.2. The zero-order valence-corrected chi connectivity index (χ0v) is 11.8. The molecule has 0 bridgehead atoms. The number of halogens is 2. The molecule has 2 rings (SSSR count). The number of methoxy groups -OCH3 is 1. The van der Waals surface area contributed by atoms with Crippen molar-refractivity contribution < 1.29 is 9.47 Å². The largest absolute Gasteiger partial charge is 0.495 e. The fourth-order valence-corrected chi connectivity index (χ4v) is 1.98. The van der Waals surface area contributed by atoms with Gasteiger partial charge in [0.15, 0.2) is 0 Å². The third-order valence-electron chi connectivity index (χ3n) is 2.60. The molecule has 100 valence electrons. The van der Waals surface area contributed by atoms with Crippen LogP contribution in [0.25, 0.3) is 0 Å². The first kappa shape index (κ1) is 13.8. The van der Waals surface area contributed by atoms with E-state index in [0.29, 0.717) is 33.8 Å². The SMILES string of the molecule is COc1ccc(OCc2cc(Cl)ccc2Cl)cc1N. The van der Waals surface area contributed by atoms with Crippen LogP contribution in [-0.4, -0.2) is 7.11 Å². The van der Waals surface area contributed by atoms with Crippen LogP contribution >= 0.6 is 23.2 Å². The summed E-state index contributed by atoms with van der Waals surface area (Å²) >= 11 is 12.0. The topological polar surface area (TPSA) is 44.5 Å². The summed E-state index contributed by atoms with van der Waals surface area (Å²) < 4.78 is 10.7. The van der Waals surface area contributed by atoms with Crippen LogP contribution in [0.4, 0.5) is 5.69 Å². The van der Waals surface area contributed by atoms with Crippen molar-refractivity contribution in [3.63, 3.8) is 0 Å². The number of anilines is 1. The molecule has 0 saturated heterocycles. The van der Waals surface area contributed by atoms with Gasteiger partial charge in [-0.05, 0) is 30.3 Å². The molecule has 0 saturated carbocycles. The smallest absolute Gasteiger partial charge is 0.142 e. The molecule has 0 aromatic heterocycles. The molecule has 0 aliphatic rings. The Morgan fingerprint density at radius 2 is 1.89 bits per heavy atom. The van der Waals surface area contributed by atoms with Crippen LogP contribution in [0.3, 0.4) is 0 Å². The number of ether oxygens (including phenoxy) is 2. The van der Waals surface area contributed by atoms with E-state index in [2.05, 4.69) is 0 Å². The van der Waals surface area contributed by atoms with E-state index in [4.69, 9.17) is 38.4 Å². The maximum atomic E-state index is 6.06. The van der Waals surface area contributed by atoms with Gasteiger partial charge in [-0.15, -0.1) is 0 Å². The predicted molar refractivity (Wildman–Crippen MR) is 78.2 cm³/mol. The lowest BCUT2D eigenvalue weighted by Crippen LogP contribution is -1.98. The fraction of sp³-hybridized carbons (Fsp3) is 0.143. The summed E-state index contributed by atoms with van der Waals surface area (Å²) in [6.07, 6.45) is 0. The summed E-state index contributed by atoms with van der Waals surface area (Å²) in [4.78, 5) is 0. The molecule has 0 spiro atoms. The van der Waals surface area contributed by atoms with Gasteiger partial charge in [0, 0.05) is 21.7 Å². The van der Waals surface area contributed by atoms with Crippen LogP contribution < -0.4 is 15.2 Å². The Hall–Kier alpha value is -1.58. The van der Waals surface area contributed by atoms with E-state index in [1.54, 1.807) is 43.5 Å². The second kappa shape index (κ2) is 6.04. The summed E-state index contributed by atoms with van der Waals surface area (Å²) in [5.74, 6) is 1.27.